The van der Waals surface area contributed by atoms with Crippen LogP contribution in [0.15, 0.2) is 85.2 Å². The summed E-state index contributed by atoms with van der Waals surface area (Å²) in [6.45, 7) is 2.60. The van der Waals surface area contributed by atoms with Gasteiger partial charge in [0, 0.05) is 37.6 Å². The zero-order valence-corrected chi connectivity index (χ0v) is 21.6. The SMILES string of the molecule is COc1ccc(CCNCc2ccc(CNC3CCCc4cccnc43)cc2Cc2ccccn2)cc1. The standard InChI is InChI=1S/C32H36N4O/c1-37-30-14-11-24(12-15-30)16-19-33-23-27-13-10-25(20-28(27)21-29-8-2-3-17-34-29)22-36-31-9-4-6-26-7-5-18-35-32(26)31/h2-3,5,7-8,10-15,17-18,20,31,33,36H,4,6,9,16,19,21-23H2,1H3. The number of ether oxygens (including phenoxy) is 1. The molecule has 5 rings (SSSR count). The molecule has 0 amide bonds. The van der Waals surface area contributed by atoms with Gasteiger partial charge in [0.25, 0.3) is 0 Å². The van der Waals surface area contributed by atoms with Gasteiger partial charge in [0.1, 0.15) is 5.75 Å². The molecule has 2 N–H and O–H groups in total. The van der Waals surface area contributed by atoms with Gasteiger partial charge in [0.15, 0.2) is 0 Å². The second kappa shape index (κ2) is 12.6. The molecule has 0 bridgehead atoms. The fourth-order valence-corrected chi connectivity index (χ4v) is 5.12. The van der Waals surface area contributed by atoms with E-state index in [9.17, 15) is 0 Å². The second-order valence-electron chi connectivity index (χ2n) is 9.75. The molecule has 2 aromatic heterocycles. The molecule has 1 aliphatic rings. The minimum Gasteiger partial charge on any atom is -0.497 e. The van der Waals surface area contributed by atoms with Gasteiger partial charge in [-0.15, -0.1) is 0 Å². The Hall–Kier alpha value is -3.54. The number of hydrogen-bond donors (Lipinski definition) is 2. The van der Waals surface area contributed by atoms with Crippen molar-refractivity contribution >= 4 is 0 Å². The summed E-state index contributed by atoms with van der Waals surface area (Å²) >= 11 is 0. The van der Waals surface area contributed by atoms with Crippen LogP contribution in [-0.4, -0.2) is 23.6 Å². The molecule has 0 aliphatic heterocycles. The van der Waals surface area contributed by atoms with Crippen LogP contribution in [0.1, 0.15) is 58.1 Å². The van der Waals surface area contributed by atoms with Crippen LogP contribution in [0.2, 0.25) is 0 Å². The number of pyridine rings is 2. The molecule has 2 heterocycles. The summed E-state index contributed by atoms with van der Waals surface area (Å²) in [7, 11) is 1.70. The highest BCUT2D eigenvalue weighted by molar-refractivity contribution is 5.35. The summed E-state index contributed by atoms with van der Waals surface area (Å²) in [5, 5.41) is 7.42. The van der Waals surface area contributed by atoms with Crippen LogP contribution in [0.3, 0.4) is 0 Å². The number of rotatable bonds is 11. The van der Waals surface area contributed by atoms with Gasteiger partial charge in [-0.25, -0.2) is 0 Å². The Labute approximate surface area is 220 Å². The Bertz CT molecular complexity index is 1270. The molecular weight excluding hydrogens is 456 g/mol. The molecule has 0 spiro atoms. The van der Waals surface area contributed by atoms with E-state index in [-0.39, 0.29) is 0 Å². The van der Waals surface area contributed by atoms with Crippen molar-refractivity contribution in [1.29, 1.82) is 0 Å². The lowest BCUT2D eigenvalue weighted by Gasteiger charge is -2.25. The molecular formula is C32H36N4O. The zero-order valence-electron chi connectivity index (χ0n) is 21.6. The highest BCUT2D eigenvalue weighted by Gasteiger charge is 2.20. The van der Waals surface area contributed by atoms with Gasteiger partial charge < -0.3 is 15.4 Å². The monoisotopic (exact) mass is 492 g/mol. The molecule has 5 nitrogen and oxygen atoms in total. The van der Waals surface area contributed by atoms with Crippen LogP contribution in [0.25, 0.3) is 0 Å². The van der Waals surface area contributed by atoms with E-state index in [1.807, 2.05) is 30.6 Å². The van der Waals surface area contributed by atoms with Gasteiger partial charge in [-0.3, -0.25) is 9.97 Å². The van der Waals surface area contributed by atoms with Crippen LogP contribution in [0.5, 0.6) is 5.75 Å². The fourth-order valence-electron chi connectivity index (χ4n) is 5.12. The van der Waals surface area contributed by atoms with Crippen LogP contribution >= 0.6 is 0 Å². The third-order valence-corrected chi connectivity index (χ3v) is 7.18. The Morgan fingerprint density at radius 2 is 1.73 bits per heavy atom. The molecule has 1 aliphatic carbocycles. The quantitative estimate of drug-likeness (QED) is 0.268. The van der Waals surface area contributed by atoms with E-state index < -0.39 is 0 Å². The maximum Gasteiger partial charge on any atom is 0.118 e. The molecule has 37 heavy (non-hydrogen) atoms. The van der Waals surface area contributed by atoms with Gasteiger partial charge in [-0.1, -0.05) is 42.5 Å². The maximum absolute atomic E-state index is 5.26. The molecule has 5 heteroatoms. The smallest absolute Gasteiger partial charge is 0.118 e. The average Bonchev–Trinajstić information content (AvgIpc) is 2.96. The first-order valence-corrected chi connectivity index (χ1v) is 13.3. The third kappa shape index (κ3) is 6.82. The van der Waals surface area contributed by atoms with Gasteiger partial charge in [0.05, 0.1) is 18.8 Å². The number of aryl methyl sites for hydroxylation is 1. The first kappa shape index (κ1) is 25.1. The van der Waals surface area contributed by atoms with Crippen molar-refractivity contribution in [3.05, 3.63) is 124 Å². The summed E-state index contributed by atoms with van der Waals surface area (Å²) in [6, 6.07) is 25.9. The maximum atomic E-state index is 5.26. The highest BCUT2D eigenvalue weighted by atomic mass is 16.5. The van der Waals surface area contributed by atoms with Crippen molar-refractivity contribution in [2.24, 2.45) is 0 Å². The van der Waals surface area contributed by atoms with E-state index in [2.05, 4.69) is 75.2 Å². The second-order valence-corrected chi connectivity index (χ2v) is 9.75. The van der Waals surface area contributed by atoms with Crippen LogP contribution in [0, 0.1) is 0 Å². The van der Waals surface area contributed by atoms with Crippen molar-refractivity contribution in [3.63, 3.8) is 0 Å². The minimum atomic E-state index is 0.323. The fraction of sp³-hybridized carbons (Fsp3) is 0.312. The first-order chi connectivity index (χ1) is 18.3. The lowest BCUT2D eigenvalue weighted by Crippen LogP contribution is -2.26. The zero-order chi connectivity index (χ0) is 25.3. The highest BCUT2D eigenvalue weighted by Crippen LogP contribution is 2.28. The van der Waals surface area contributed by atoms with E-state index in [0.29, 0.717) is 6.04 Å². The summed E-state index contributed by atoms with van der Waals surface area (Å²) in [4.78, 5) is 9.27. The summed E-state index contributed by atoms with van der Waals surface area (Å²) in [5.41, 5.74) is 8.97. The molecule has 0 radical (unpaired) electrons. The number of fused-ring (bicyclic) bond motifs is 1. The molecule has 1 unspecified atom stereocenters. The number of hydrogen-bond acceptors (Lipinski definition) is 5. The van der Waals surface area contributed by atoms with E-state index in [4.69, 9.17) is 4.74 Å². The molecule has 1 atom stereocenters. The van der Waals surface area contributed by atoms with Crippen LogP contribution in [-0.2, 0) is 32.4 Å². The predicted octanol–water partition coefficient (Wildman–Crippen LogP) is 5.58. The number of nitrogens with one attached hydrogen (secondary N) is 2. The van der Waals surface area contributed by atoms with Crippen molar-refractivity contribution in [1.82, 2.24) is 20.6 Å². The number of aromatic nitrogens is 2. The van der Waals surface area contributed by atoms with E-state index in [1.165, 1.54) is 39.9 Å². The molecule has 190 valence electrons. The summed E-state index contributed by atoms with van der Waals surface area (Å²) < 4.78 is 5.26. The van der Waals surface area contributed by atoms with Crippen LogP contribution < -0.4 is 15.4 Å². The lowest BCUT2D eigenvalue weighted by atomic mass is 9.91. The normalized spacial score (nSPS) is 14.8. The van der Waals surface area contributed by atoms with E-state index in [1.54, 1.807) is 7.11 Å². The largest absolute Gasteiger partial charge is 0.497 e. The van der Waals surface area contributed by atoms with Gasteiger partial charge >= 0.3 is 0 Å². The van der Waals surface area contributed by atoms with Crippen molar-refractivity contribution in [2.75, 3.05) is 13.7 Å². The minimum absolute atomic E-state index is 0.323. The molecule has 0 fully saturated rings. The summed E-state index contributed by atoms with van der Waals surface area (Å²) in [5.74, 6) is 0.898. The number of nitrogens with zero attached hydrogens (tertiary/aromatic N) is 2. The molecule has 0 saturated carbocycles. The van der Waals surface area contributed by atoms with Crippen molar-refractivity contribution in [3.8, 4) is 5.75 Å². The molecule has 0 saturated heterocycles. The first-order valence-electron chi connectivity index (χ1n) is 13.3. The van der Waals surface area contributed by atoms with Gasteiger partial charge in [-0.05, 0) is 90.4 Å². The topological polar surface area (TPSA) is 59.1 Å². The van der Waals surface area contributed by atoms with Crippen molar-refractivity contribution in [2.45, 2.75) is 51.2 Å². The predicted molar refractivity (Wildman–Crippen MR) is 149 cm³/mol. The summed E-state index contributed by atoms with van der Waals surface area (Å²) in [6.07, 6.45) is 9.09. The van der Waals surface area contributed by atoms with Gasteiger partial charge in [0.2, 0.25) is 0 Å². The van der Waals surface area contributed by atoms with Crippen LogP contribution in [0.4, 0.5) is 0 Å². The number of methoxy groups -OCH3 is 1. The van der Waals surface area contributed by atoms with E-state index in [0.717, 1.165) is 56.8 Å². The Morgan fingerprint density at radius 1 is 0.865 bits per heavy atom. The number of benzene rings is 2. The van der Waals surface area contributed by atoms with Gasteiger partial charge in [-0.2, -0.15) is 0 Å². The van der Waals surface area contributed by atoms with Crippen molar-refractivity contribution < 1.29 is 4.74 Å². The average molecular weight is 493 g/mol. The molecule has 4 aromatic rings. The Morgan fingerprint density at radius 3 is 2.57 bits per heavy atom. The van der Waals surface area contributed by atoms with E-state index >= 15 is 0 Å². The lowest BCUT2D eigenvalue weighted by molar-refractivity contribution is 0.414. The Balaban J connectivity index is 1.24. The Kier molecular flexibility index (Phi) is 8.57. The molecule has 2 aromatic carbocycles. The third-order valence-electron chi connectivity index (χ3n) is 7.18.